The third kappa shape index (κ3) is 6.51. The molecule has 1 fully saturated rings. The average molecular weight is 445 g/mol. The number of ether oxygens (including phenoxy) is 3. The van der Waals surface area contributed by atoms with E-state index in [-0.39, 0.29) is 5.92 Å². The first-order valence-corrected chi connectivity index (χ1v) is 10.1. The lowest BCUT2D eigenvalue weighted by Gasteiger charge is -2.34. The van der Waals surface area contributed by atoms with Gasteiger partial charge in [-0.1, -0.05) is 6.07 Å². The Morgan fingerprint density at radius 1 is 1.03 bits per heavy atom. The topological polar surface area (TPSA) is 65.1 Å². The molecule has 0 spiro atoms. The highest BCUT2D eigenvalue weighted by atomic mass is 19.4. The zero-order chi connectivity index (χ0) is 23.6. The molecule has 1 aromatic rings. The van der Waals surface area contributed by atoms with E-state index in [1.807, 2.05) is 0 Å². The number of hydrogen-bond donors (Lipinski definition) is 0. The molecule has 0 atom stereocenters. The van der Waals surface area contributed by atoms with Crippen molar-refractivity contribution in [3.05, 3.63) is 29.3 Å². The highest BCUT2D eigenvalue weighted by Crippen LogP contribution is 2.41. The van der Waals surface area contributed by atoms with Crippen molar-refractivity contribution >= 4 is 12.1 Å². The van der Waals surface area contributed by atoms with E-state index in [0.29, 0.717) is 31.5 Å². The van der Waals surface area contributed by atoms with Crippen LogP contribution in [0.25, 0.3) is 0 Å². The predicted octanol–water partition coefficient (Wildman–Crippen LogP) is 5.15. The average Bonchev–Trinajstić information content (AvgIpc) is 2.65. The molecule has 1 aliphatic heterocycles. The van der Waals surface area contributed by atoms with E-state index >= 15 is 0 Å². The molecule has 6 nitrogen and oxygen atoms in total. The number of piperidine rings is 1. The lowest BCUT2D eigenvalue weighted by molar-refractivity contribution is -0.158. The fourth-order valence-electron chi connectivity index (χ4n) is 3.40. The number of likely N-dealkylation sites (tertiary alicyclic amines) is 1. The van der Waals surface area contributed by atoms with Gasteiger partial charge in [0.05, 0.1) is 12.7 Å². The van der Waals surface area contributed by atoms with E-state index < -0.39 is 40.8 Å². The van der Waals surface area contributed by atoms with Crippen LogP contribution in [0.4, 0.5) is 18.0 Å². The van der Waals surface area contributed by atoms with Crippen LogP contribution in [-0.4, -0.2) is 48.4 Å². The molecule has 1 saturated heterocycles. The Kier molecular flexibility index (Phi) is 7.17. The van der Waals surface area contributed by atoms with E-state index in [1.165, 1.54) is 19.9 Å². The molecule has 1 amide bonds. The molecular weight excluding hydrogens is 415 g/mol. The number of nitrogens with zero attached hydrogens (tertiary/aromatic N) is 1. The second kappa shape index (κ2) is 8.96. The number of esters is 1. The number of hydrogen-bond acceptors (Lipinski definition) is 5. The Hall–Kier alpha value is -2.45. The van der Waals surface area contributed by atoms with Gasteiger partial charge >= 0.3 is 18.2 Å². The number of methoxy groups -OCH3 is 1. The van der Waals surface area contributed by atoms with Crippen LogP contribution in [0.15, 0.2) is 18.2 Å². The molecule has 1 aliphatic rings. The third-order valence-electron chi connectivity index (χ3n) is 4.97. The molecule has 0 N–H and O–H groups in total. The molecule has 0 unspecified atom stereocenters. The zero-order valence-electron chi connectivity index (χ0n) is 18.8. The van der Waals surface area contributed by atoms with Crippen LogP contribution in [0.2, 0.25) is 0 Å². The van der Waals surface area contributed by atoms with E-state index in [9.17, 15) is 22.8 Å². The maximum atomic E-state index is 13.7. The second-order valence-electron chi connectivity index (χ2n) is 9.10. The number of alkyl halides is 3. The van der Waals surface area contributed by atoms with Crippen LogP contribution in [0.5, 0.6) is 5.75 Å². The molecule has 1 heterocycles. The Bertz CT molecular complexity index is 806. The number of halogens is 3. The Morgan fingerprint density at radius 2 is 1.61 bits per heavy atom. The van der Waals surface area contributed by atoms with Crippen molar-refractivity contribution in [2.45, 2.75) is 70.8 Å². The third-order valence-corrected chi connectivity index (χ3v) is 4.97. The highest BCUT2D eigenvalue weighted by molar-refractivity contribution is 5.79. The van der Waals surface area contributed by atoms with Crippen LogP contribution in [0, 0.1) is 0 Å². The van der Waals surface area contributed by atoms with Crippen LogP contribution in [-0.2, 0) is 20.4 Å². The summed E-state index contributed by atoms with van der Waals surface area (Å²) in [5, 5.41) is 0. The lowest BCUT2D eigenvalue weighted by Crippen LogP contribution is -2.41. The first-order valence-electron chi connectivity index (χ1n) is 10.1. The SMILES string of the molecule is COC(=O)C(C)(C)Oc1ccc(C2CCN(C(=O)OC(C)(C)C)CC2)cc1C(F)(F)F. The van der Waals surface area contributed by atoms with Gasteiger partial charge in [0.25, 0.3) is 0 Å². The maximum Gasteiger partial charge on any atom is 0.419 e. The minimum absolute atomic E-state index is 0.137. The Labute approximate surface area is 180 Å². The molecule has 0 saturated carbocycles. The van der Waals surface area contributed by atoms with E-state index in [0.717, 1.165) is 13.2 Å². The minimum Gasteiger partial charge on any atom is -0.476 e. The Balaban J connectivity index is 2.19. The standard InChI is InChI=1S/C22H30F3NO5/c1-20(2,3)31-19(28)26-11-9-14(10-12-26)15-7-8-17(16(13-15)22(23,24)25)30-21(4,5)18(27)29-6/h7-8,13-14H,9-12H2,1-6H3. The number of amides is 1. The zero-order valence-corrected chi connectivity index (χ0v) is 18.8. The van der Waals surface area contributed by atoms with Gasteiger partial charge in [0.2, 0.25) is 0 Å². The molecule has 0 bridgehead atoms. The number of rotatable bonds is 4. The van der Waals surface area contributed by atoms with E-state index in [1.54, 1.807) is 31.7 Å². The molecule has 0 aromatic heterocycles. The number of benzene rings is 1. The van der Waals surface area contributed by atoms with Crippen LogP contribution >= 0.6 is 0 Å². The fraction of sp³-hybridized carbons (Fsp3) is 0.636. The largest absolute Gasteiger partial charge is 0.476 e. The number of carbonyl (C=O) groups excluding carboxylic acids is 2. The van der Waals surface area contributed by atoms with Gasteiger partial charge in [-0.2, -0.15) is 13.2 Å². The molecule has 0 radical (unpaired) electrons. The maximum absolute atomic E-state index is 13.7. The second-order valence-corrected chi connectivity index (χ2v) is 9.10. The first kappa shape index (κ1) is 24.8. The predicted molar refractivity (Wildman–Crippen MR) is 108 cm³/mol. The normalized spacial score (nSPS) is 16.1. The van der Waals surface area contributed by atoms with Crippen molar-refractivity contribution < 1.29 is 37.0 Å². The van der Waals surface area contributed by atoms with Crippen LogP contribution < -0.4 is 4.74 Å². The van der Waals surface area contributed by atoms with Gasteiger partial charge in [-0.05, 0) is 71.1 Å². The van der Waals surface area contributed by atoms with Crippen LogP contribution in [0.1, 0.15) is 64.5 Å². The quantitative estimate of drug-likeness (QED) is 0.600. The first-order chi connectivity index (χ1) is 14.1. The van der Waals surface area contributed by atoms with Gasteiger partial charge in [-0.15, -0.1) is 0 Å². The Morgan fingerprint density at radius 3 is 2.10 bits per heavy atom. The molecule has 174 valence electrons. The van der Waals surface area contributed by atoms with Gasteiger partial charge in [0, 0.05) is 13.1 Å². The van der Waals surface area contributed by atoms with Crippen molar-refractivity contribution in [1.82, 2.24) is 4.90 Å². The summed E-state index contributed by atoms with van der Waals surface area (Å²) in [5.41, 5.74) is -2.62. The molecular formula is C22H30F3NO5. The highest BCUT2D eigenvalue weighted by Gasteiger charge is 2.39. The van der Waals surface area contributed by atoms with Gasteiger partial charge in [0.1, 0.15) is 11.4 Å². The minimum atomic E-state index is -4.66. The summed E-state index contributed by atoms with van der Waals surface area (Å²) in [4.78, 5) is 25.6. The van der Waals surface area contributed by atoms with Gasteiger partial charge < -0.3 is 19.1 Å². The lowest BCUT2D eigenvalue weighted by atomic mass is 9.88. The summed E-state index contributed by atoms with van der Waals surface area (Å²) in [5.74, 6) is -1.35. The van der Waals surface area contributed by atoms with Crippen molar-refractivity contribution in [3.8, 4) is 5.75 Å². The summed E-state index contributed by atoms with van der Waals surface area (Å²) >= 11 is 0. The molecule has 31 heavy (non-hydrogen) atoms. The smallest absolute Gasteiger partial charge is 0.419 e. The van der Waals surface area contributed by atoms with Gasteiger partial charge in [-0.25, -0.2) is 9.59 Å². The van der Waals surface area contributed by atoms with Crippen molar-refractivity contribution in [2.24, 2.45) is 0 Å². The molecule has 1 aromatic carbocycles. The van der Waals surface area contributed by atoms with Crippen molar-refractivity contribution in [3.63, 3.8) is 0 Å². The summed E-state index contributed by atoms with van der Waals surface area (Å²) in [6.45, 7) is 8.83. The molecule has 0 aliphatic carbocycles. The fourth-order valence-corrected chi connectivity index (χ4v) is 3.40. The van der Waals surface area contributed by atoms with E-state index in [4.69, 9.17) is 9.47 Å². The summed E-state index contributed by atoms with van der Waals surface area (Å²) in [6.07, 6.45) is -4.04. The van der Waals surface area contributed by atoms with Crippen molar-refractivity contribution in [1.29, 1.82) is 0 Å². The van der Waals surface area contributed by atoms with Crippen LogP contribution in [0.3, 0.4) is 0 Å². The monoisotopic (exact) mass is 445 g/mol. The summed E-state index contributed by atoms with van der Waals surface area (Å²) in [7, 11) is 1.14. The van der Waals surface area contributed by atoms with Gasteiger partial charge in [-0.3, -0.25) is 0 Å². The summed E-state index contributed by atoms with van der Waals surface area (Å²) in [6, 6.07) is 3.88. The molecule has 9 heteroatoms. The number of carbonyl (C=O) groups is 2. The van der Waals surface area contributed by atoms with E-state index in [2.05, 4.69) is 4.74 Å². The molecule has 2 rings (SSSR count). The van der Waals surface area contributed by atoms with Crippen molar-refractivity contribution in [2.75, 3.05) is 20.2 Å². The summed E-state index contributed by atoms with van der Waals surface area (Å²) < 4.78 is 56.5. The van der Waals surface area contributed by atoms with Gasteiger partial charge in [0.15, 0.2) is 5.60 Å².